The van der Waals surface area contributed by atoms with Crippen LogP contribution < -0.4 is 10.2 Å². The van der Waals surface area contributed by atoms with E-state index in [1.165, 1.54) is 199 Å². The maximum Gasteiger partial charge on any atom is 0.306 e. The van der Waals surface area contributed by atoms with Gasteiger partial charge < -0.3 is 28.5 Å². The second-order valence-corrected chi connectivity index (χ2v) is 24.7. The minimum atomic E-state index is -4.69. The highest BCUT2D eigenvalue weighted by atomic mass is 31.2. The number of ether oxygens (including phenoxy) is 1. The molecule has 9 nitrogen and oxygen atoms in total. The van der Waals surface area contributed by atoms with Crippen LogP contribution in [0.15, 0.2) is 36.5 Å². The molecule has 0 aromatic heterocycles. The van der Waals surface area contributed by atoms with Gasteiger partial charge in [-0.15, -0.1) is 0 Å². The van der Waals surface area contributed by atoms with Gasteiger partial charge in [0.2, 0.25) is 5.91 Å². The highest BCUT2D eigenvalue weighted by Gasteiger charge is 2.27. The minimum absolute atomic E-state index is 0.0218. The van der Waals surface area contributed by atoms with Crippen molar-refractivity contribution in [1.82, 2.24) is 5.32 Å². The Morgan fingerprint density at radius 2 is 0.787 bits per heavy atom. The summed E-state index contributed by atoms with van der Waals surface area (Å²) in [7, 11) is 1.19. The Labute approximate surface area is 466 Å². The van der Waals surface area contributed by atoms with Crippen molar-refractivity contribution >= 4 is 19.7 Å². The maximum absolute atomic E-state index is 13.5. The number of hydrogen-bond acceptors (Lipinski definition) is 7. The molecule has 0 saturated heterocycles. The molecule has 0 heterocycles. The number of quaternary nitrogens is 1. The molecule has 75 heavy (non-hydrogen) atoms. The number of allylic oxidation sites excluding steroid dienone is 5. The Balaban J connectivity index is 5.04. The molecule has 0 radical (unpaired) electrons. The number of phosphoric ester groups is 1. The summed E-state index contributed by atoms with van der Waals surface area (Å²) in [6.45, 7) is 6.83. The first-order valence-corrected chi connectivity index (χ1v) is 33.8. The predicted octanol–water partition coefficient (Wildman–Crippen LogP) is 19.3. The lowest BCUT2D eigenvalue weighted by atomic mass is 10.0. The van der Waals surface area contributed by atoms with Gasteiger partial charge in [0.05, 0.1) is 33.8 Å². The summed E-state index contributed by atoms with van der Waals surface area (Å²) in [6.07, 6.45) is 67.0. The number of rotatable bonds is 59. The summed E-state index contributed by atoms with van der Waals surface area (Å²) >= 11 is 0. The van der Waals surface area contributed by atoms with Crippen LogP contribution in [0.4, 0.5) is 0 Å². The molecular weight excluding hydrogens is 952 g/mol. The van der Waals surface area contributed by atoms with E-state index in [4.69, 9.17) is 13.8 Å². The van der Waals surface area contributed by atoms with Crippen LogP contribution in [0.3, 0.4) is 0 Å². The molecule has 0 aliphatic carbocycles. The monoisotopic (exact) mass is 1080 g/mol. The number of unbranched alkanes of at least 4 members (excludes halogenated alkanes) is 39. The summed E-state index contributed by atoms with van der Waals surface area (Å²) in [5, 5.41) is 3.02. The van der Waals surface area contributed by atoms with Gasteiger partial charge in [0, 0.05) is 12.8 Å². The fourth-order valence-electron chi connectivity index (χ4n) is 9.50. The van der Waals surface area contributed by atoms with Crippen LogP contribution in [0.1, 0.15) is 316 Å². The van der Waals surface area contributed by atoms with E-state index in [9.17, 15) is 19.0 Å². The molecule has 442 valence electrons. The number of nitrogens with zero attached hydrogens (tertiary/aromatic N) is 1. The van der Waals surface area contributed by atoms with E-state index in [0.717, 1.165) is 83.5 Å². The van der Waals surface area contributed by atoms with Gasteiger partial charge in [-0.2, -0.15) is 0 Å². The van der Waals surface area contributed by atoms with Gasteiger partial charge in [-0.3, -0.25) is 14.2 Å². The SMILES string of the molecule is CCCC/C=C\CCCCCCCC(=O)NC(COP(=O)([O-])OCC[N+](C)(C)C)C(/C=C\CCCCCCCCCCCCC)OC(=O)CCCCCCCCCCCCCCCCC/C=C/CCCCCCCC. The topological polar surface area (TPSA) is 114 Å². The van der Waals surface area contributed by atoms with Crippen molar-refractivity contribution in [1.29, 1.82) is 0 Å². The van der Waals surface area contributed by atoms with Crippen LogP contribution in [0.25, 0.3) is 0 Å². The summed E-state index contributed by atoms with van der Waals surface area (Å²) in [5.41, 5.74) is 0. The smallest absolute Gasteiger partial charge is 0.306 e. The molecular formula is C65H125N2O7P. The second-order valence-electron chi connectivity index (χ2n) is 23.3. The molecule has 1 N–H and O–H groups in total. The number of carbonyl (C=O) groups excluding carboxylic acids is 2. The zero-order valence-electron chi connectivity index (χ0n) is 50.5. The van der Waals surface area contributed by atoms with Gasteiger partial charge in [0.1, 0.15) is 19.3 Å². The van der Waals surface area contributed by atoms with E-state index in [0.29, 0.717) is 17.4 Å². The average molecular weight is 1080 g/mol. The molecule has 0 aliphatic heterocycles. The van der Waals surface area contributed by atoms with E-state index < -0.39 is 20.0 Å². The summed E-state index contributed by atoms with van der Waals surface area (Å²) in [6, 6.07) is -0.888. The Morgan fingerprint density at radius 3 is 1.17 bits per heavy atom. The van der Waals surface area contributed by atoms with Crippen molar-refractivity contribution in [2.45, 2.75) is 328 Å². The Kier molecular flexibility index (Phi) is 54.2. The average Bonchev–Trinajstić information content (AvgIpc) is 3.37. The number of hydrogen-bond donors (Lipinski definition) is 1. The number of carbonyl (C=O) groups is 2. The number of nitrogens with one attached hydrogen (secondary N) is 1. The number of esters is 1. The standard InChI is InChI=1S/C65H125N2O7P/c1-7-10-13-16-19-22-25-27-28-29-30-31-32-33-34-35-36-37-38-40-43-46-49-52-55-58-65(69)74-63(56-53-50-47-44-42-39-26-23-20-17-14-11-8-2)62(61-73-75(70,71)72-60-59-67(4,5)6)66-64(68)57-54-51-48-45-41-24-21-18-15-12-9-3/h18,21,27-28,53,56,62-63H,7-17,19-20,22-26,29-52,54-55,57-61H2,1-6H3,(H-,66,68,70,71)/b21-18-,28-27+,56-53-. The van der Waals surface area contributed by atoms with Gasteiger partial charge >= 0.3 is 5.97 Å². The van der Waals surface area contributed by atoms with E-state index in [-0.39, 0.29) is 31.5 Å². The maximum atomic E-state index is 13.5. The first kappa shape index (κ1) is 73.2. The molecule has 3 unspecified atom stereocenters. The van der Waals surface area contributed by atoms with E-state index in [2.05, 4.69) is 50.4 Å². The Morgan fingerprint density at radius 1 is 0.453 bits per heavy atom. The molecule has 0 spiro atoms. The number of amides is 1. The molecule has 0 aromatic carbocycles. The Hall–Kier alpha value is -1.77. The lowest BCUT2D eigenvalue weighted by Gasteiger charge is -2.30. The van der Waals surface area contributed by atoms with Crippen LogP contribution in [-0.2, 0) is 27.9 Å². The lowest BCUT2D eigenvalue weighted by Crippen LogP contribution is -2.47. The third-order valence-electron chi connectivity index (χ3n) is 14.5. The van der Waals surface area contributed by atoms with Crippen molar-refractivity contribution in [3.63, 3.8) is 0 Å². The largest absolute Gasteiger partial charge is 0.756 e. The van der Waals surface area contributed by atoms with E-state index >= 15 is 0 Å². The zero-order valence-corrected chi connectivity index (χ0v) is 51.4. The molecule has 3 atom stereocenters. The van der Waals surface area contributed by atoms with Gasteiger partial charge in [0.25, 0.3) is 7.82 Å². The molecule has 0 aliphatic rings. The quantitative estimate of drug-likeness (QED) is 0.0212. The first-order chi connectivity index (χ1) is 36.4. The van der Waals surface area contributed by atoms with Gasteiger partial charge in [-0.05, 0) is 76.7 Å². The molecule has 0 saturated carbocycles. The van der Waals surface area contributed by atoms with Crippen molar-refractivity contribution in [3.8, 4) is 0 Å². The molecule has 0 rings (SSSR count). The van der Waals surface area contributed by atoms with Crippen molar-refractivity contribution in [3.05, 3.63) is 36.5 Å². The highest BCUT2D eigenvalue weighted by Crippen LogP contribution is 2.38. The summed E-state index contributed by atoms with van der Waals surface area (Å²) < 4.78 is 30.3. The van der Waals surface area contributed by atoms with Crippen molar-refractivity contribution in [2.75, 3.05) is 40.9 Å². The van der Waals surface area contributed by atoms with Crippen LogP contribution in [0.2, 0.25) is 0 Å². The van der Waals surface area contributed by atoms with Gasteiger partial charge in [-0.25, -0.2) is 0 Å². The number of phosphoric acid groups is 1. The predicted molar refractivity (Wildman–Crippen MR) is 321 cm³/mol. The Bertz CT molecular complexity index is 1380. The number of likely N-dealkylation sites (N-methyl/N-ethyl adjacent to an activating group) is 1. The molecule has 1 amide bonds. The van der Waals surface area contributed by atoms with Crippen LogP contribution in [0.5, 0.6) is 0 Å². The molecule has 10 heteroatoms. The third kappa shape index (κ3) is 56.8. The van der Waals surface area contributed by atoms with Crippen molar-refractivity contribution in [2.24, 2.45) is 0 Å². The first-order valence-electron chi connectivity index (χ1n) is 32.3. The van der Waals surface area contributed by atoms with Crippen LogP contribution in [0, 0.1) is 0 Å². The van der Waals surface area contributed by atoms with Gasteiger partial charge in [-0.1, -0.05) is 263 Å². The van der Waals surface area contributed by atoms with Gasteiger partial charge in [0.15, 0.2) is 0 Å². The van der Waals surface area contributed by atoms with Crippen LogP contribution in [-0.4, -0.2) is 69.4 Å². The lowest BCUT2D eigenvalue weighted by molar-refractivity contribution is -0.870. The molecule has 0 bridgehead atoms. The normalized spacial score (nSPS) is 13.9. The zero-order chi connectivity index (χ0) is 55.0. The van der Waals surface area contributed by atoms with Crippen LogP contribution >= 0.6 is 7.82 Å². The summed E-state index contributed by atoms with van der Waals surface area (Å²) in [5.74, 6) is -0.540. The minimum Gasteiger partial charge on any atom is -0.756 e. The molecule has 0 aromatic rings. The van der Waals surface area contributed by atoms with E-state index in [1.807, 2.05) is 33.3 Å². The third-order valence-corrected chi connectivity index (χ3v) is 15.5. The second kappa shape index (κ2) is 55.5. The van der Waals surface area contributed by atoms with E-state index in [1.54, 1.807) is 0 Å². The fourth-order valence-corrected chi connectivity index (χ4v) is 10.2. The fraction of sp³-hybridized carbons (Fsp3) is 0.877. The van der Waals surface area contributed by atoms with Crippen molar-refractivity contribution < 1.29 is 37.3 Å². The summed E-state index contributed by atoms with van der Waals surface area (Å²) in [4.78, 5) is 39.9. The highest BCUT2D eigenvalue weighted by molar-refractivity contribution is 7.45. The molecule has 0 fully saturated rings.